The zero-order valence-electron chi connectivity index (χ0n) is 13.0. The summed E-state index contributed by atoms with van der Waals surface area (Å²) in [4.78, 5) is 27.0. The third kappa shape index (κ3) is 3.18. The summed E-state index contributed by atoms with van der Waals surface area (Å²) in [5, 5.41) is 10.5. The van der Waals surface area contributed by atoms with Gasteiger partial charge < -0.3 is 14.1 Å². The highest BCUT2D eigenvalue weighted by Crippen LogP contribution is 2.24. The van der Waals surface area contributed by atoms with Gasteiger partial charge in [0, 0.05) is 33.8 Å². The van der Waals surface area contributed by atoms with E-state index in [4.69, 9.17) is 16.0 Å². The van der Waals surface area contributed by atoms with Crippen molar-refractivity contribution in [2.75, 3.05) is 7.11 Å². The molecule has 0 unspecified atom stereocenters. The van der Waals surface area contributed by atoms with E-state index in [1.54, 1.807) is 18.2 Å². The minimum absolute atomic E-state index is 0.0137. The first kappa shape index (κ1) is 16.6. The number of nitriles is 1. The van der Waals surface area contributed by atoms with Crippen LogP contribution in [0.2, 0.25) is 5.02 Å². The summed E-state index contributed by atoms with van der Waals surface area (Å²) < 4.78 is 9.80. The first-order chi connectivity index (χ1) is 12.0. The molecule has 0 saturated heterocycles. The number of rotatable bonds is 4. The van der Waals surface area contributed by atoms with Crippen LogP contribution < -0.4 is 0 Å². The number of allylic oxidation sites excluding steroid dienone is 1. The number of benzene rings is 1. The summed E-state index contributed by atoms with van der Waals surface area (Å²) in [5.41, 5.74) is 0.917. The number of ketones is 1. The number of carbonyl (C=O) groups excluding carboxylic acids is 2. The van der Waals surface area contributed by atoms with E-state index in [-0.39, 0.29) is 17.1 Å². The first-order valence-electron chi connectivity index (χ1n) is 7.14. The third-order valence-corrected chi connectivity index (χ3v) is 3.79. The molecule has 0 spiro atoms. The van der Waals surface area contributed by atoms with Crippen LogP contribution in [0.5, 0.6) is 0 Å². The molecule has 2 aromatic heterocycles. The highest BCUT2D eigenvalue weighted by molar-refractivity contribution is 6.31. The van der Waals surface area contributed by atoms with Crippen molar-refractivity contribution in [3.8, 4) is 6.07 Å². The second kappa shape index (κ2) is 6.67. The van der Waals surface area contributed by atoms with Crippen LogP contribution in [-0.4, -0.2) is 23.8 Å². The Balaban J connectivity index is 1.97. The van der Waals surface area contributed by atoms with Crippen molar-refractivity contribution in [1.82, 2.24) is 4.98 Å². The van der Waals surface area contributed by atoms with E-state index >= 15 is 0 Å². The fourth-order valence-corrected chi connectivity index (χ4v) is 2.54. The molecule has 0 aliphatic rings. The molecule has 0 bridgehead atoms. The van der Waals surface area contributed by atoms with Crippen molar-refractivity contribution in [2.24, 2.45) is 0 Å². The van der Waals surface area contributed by atoms with Gasteiger partial charge in [-0.15, -0.1) is 0 Å². The topological polar surface area (TPSA) is 96.1 Å². The van der Waals surface area contributed by atoms with Gasteiger partial charge in [0.2, 0.25) is 11.5 Å². The Morgan fingerprint density at radius 2 is 2.12 bits per heavy atom. The normalized spacial score (nSPS) is 11.3. The van der Waals surface area contributed by atoms with E-state index in [9.17, 15) is 14.9 Å². The molecule has 2 heterocycles. The molecule has 0 fully saturated rings. The molecule has 0 atom stereocenters. The maximum absolute atomic E-state index is 12.7. The van der Waals surface area contributed by atoms with Crippen molar-refractivity contribution in [3.05, 3.63) is 64.2 Å². The van der Waals surface area contributed by atoms with Crippen molar-refractivity contribution in [2.45, 2.75) is 0 Å². The zero-order valence-corrected chi connectivity index (χ0v) is 13.8. The first-order valence-corrected chi connectivity index (χ1v) is 7.52. The average Bonchev–Trinajstić information content (AvgIpc) is 3.24. The lowest BCUT2D eigenvalue weighted by atomic mass is 10.0. The monoisotopic (exact) mass is 354 g/mol. The number of halogens is 1. The van der Waals surface area contributed by atoms with Crippen LogP contribution in [0.3, 0.4) is 0 Å². The van der Waals surface area contributed by atoms with Crippen LogP contribution >= 0.6 is 11.6 Å². The number of aromatic nitrogens is 1. The van der Waals surface area contributed by atoms with Crippen molar-refractivity contribution in [1.29, 1.82) is 5.26 Å². The van der Waals surface area contributed by atoms with Crippen LogP contribution in [0.15, 0.2) is 46.5 Å². The number of nitrogens with one attached hydrogen (secondary N) is 1. The largest absolute Gasteiger partial charge is 0.463 e. The molecule has 1 aromatic carbocycles. The molecule has 3 rings (SSSR count). The number of hydrogen-bond acceptors (Lipinski definition) is 5. The summed E-state index contributed by atoms with van der Waals surface area (Å²) in [6.45, 7) is 0. The molecule has 6 nitrogen and oxygen atoms in total. The van der Waals surface area contributed by atoms with E-state index in [0.29, 0.717) is 21.5 Å². The number of ether oxygens (including phenoxy) is 1. The Bertz CT molecular complexity index is 1050. The van der Waals surface area contributed by atoms with E-state index < -0.39 is 11.8 Å². The molecule has 7 heteroatoms. The number of hydrogen-bond donors (Lipinski definition) is 1. The van der Waals surface area contributed by atoms with Crippen LogP contribution in [0.4, 0.5) is 0 Å². The molecule has 124 valence electrons. The SMILES string of the molecule is COC(=O)c1ccc(/C=C(/C#N)C(=O)c2c[nH]c3cc(Cl)ccc23)o1. The van der Waals surface area contributed by atoms with Gasteiger partial charge in [0.1, 0.15) is 17.4 Å². The molecule has 0 amide bonds. The number of methoxy groups -OCH3 is 1. The number of aromatic amines is 1. The minimum atomic E-state index is -0.641. The van der Waals surface area contributed by atoms with Gasteiger partial charge in [-0.3, -0.25) is 4.79 Å². The number of Topliss-reactive ketones (excluding diaryl/α,β-unsaturated/α-hetero) is 1. The van der Waals surface area contributed by atoms with E-state index in [1.807, 2.05) is 6.07 Å². The maximum Gasteiger partial charge on any atom is 0.373 e. The smallest absolute Gasteiger partial charge is 0.373 e. The number of fused-ring (bicyclic) bond motifs is 1. The van der Waals surface area contributed by atoms with Gasteiger partial charge in [-0.2, -0.15) is 5.26 Å². The Kier molecular flexibility index (Phi) is 4.42. The van der Waals surface area contributed by atoms with E-state index in [0.717, 1.165) is 0 Å². The standard InChI is InChI=1S/C18H11ClN2O4/c1-24-18(23)16-5-3-12(25-16)6-10(8-20)17(22)14-9-21-15-7-11(19)2-4-13(14)15/h2-7,9,21H,1H3/b10-6-. The van der Waals surface area contributed by atoms with Gasteiger partial charge in [0.15, 0.2) is 0 Å². The Morgan fingerprint density at radius 3 is 2.84 bits per heavy atom. The van der Waals surface area contributed by atoms with Gasteiger partial charge in [0.25, 0.3) is 0 Å². The van der Waals surface area contributed by atoms with E-state index in [2.05, 4.69) is 9.72 Å². The number of H-pyrrole nitrogens is 1. The lowest BCUT2D eigenvalue weighted by Crippen LogP contribution is -2.01. The highest BCUT2D eigenvalue weighted by atomic mass is 35.5. The Hall–Kier alpha value is -3.30. The lowest BCUT2D eigenvalue weighted by molar-refractivity contribution is 0.0564. The highest BCUT2D eigenvalue weighted by Gasteiger charge is 2.18. The molecule has 25 heavy (non-hydrogen) atoms. The van der Waals surface area contributed by atoms with Crippen LogP contribution in [-0.2, 0) is 4.74 Å². The third-order valence-electron chi connectivity index (χ3n) is 3.55. The van der Waals surface area contributed by atoms with Gasteiger partial charge in [-0.25, -0.2) is 4.79 Å². The predicted octanol–water partition coefficient (Wildman–Crippen LogP) is 3.99. The van der Waals surface area contributed by atoms with Gasteiger partial charge >= 0.3 is 5.97 Å². The van der Waals surface area contributed by atoms with Crippen LogP contribution in [0.1, 0.15) is 26.7 Å². The average molecular weight is 355 g/mol. The number of esters is 1. The molecular formula is C18H11ClN2O4. The quantitative estimate of drug-likeness (QED) is 0.331. The molecule has 0 aliphatic carbocycles. The summed E-state index contributed by atoms with van der Waals surface area (Å²) in [7, 11) is 1.23. The lowest BCUT2D eigenvalue weighted by Gasteiger charge is -1.98. The molecule has 0 saturated carbocycles. The second-order valence-electron chi connectivity index (χ2n) is 5.08. The van der Waals surface area contributed by atoms with E-state index in [1.165, 1.54) is 31.5 Å². The summed E-state index contributed by atoms with van der Waals surface area (Å²) in [5.74, 6) is -0.918. The second-order valence-corrected chi connectivity index (χ2v) is 5.52. The summed E-state index contributed by atoms with van der Waals surface area (Å²) in [6.07, 6.45) is 2.81. The summed E-state index contributed by atoms with van der Waals surface area (Å²) >= 11 is 5.93. The molecule has 0 aliphatic heterocycles. The Morgan fingerprint density at radius 1 is 1.32 bits per heavy atom. The number of carbonyl (C=O) groups is 2. The van der Waals surface area contributed by atoms with Crippen molar-refractivity contribution < 1.29 is 18.7 Å². The zero-order chi connectivity index (χ0) is 18.0. The van der Waals surface area contributed by atoms with Gasteiger partial charge in [-0.1, -0.05) is 17.7 Å². The van der Waals surface area contributed by atoms with Crippen molar-refractivity contribution in [3.63, 3.8) is 0 Å². The molecular weight excluding hydrogens is 344 g/mol. The maximum atomic E-state index is 12.7. The Labute approximate surface area is 147 Å². The van der Waals surface area contributed by atoms with Crippen LogP contribution in [0.25, 0.3) is 17.0 Å². The van der Waals surface area contributed by atoms with Crippen LogP contribution in [0, 0.1) is 11.3 Å². The fourth-order valence-electron chi connectivity index (χ4n) is 2.36. The number of nitrogens with zero attached hydrogens (tertiary/aromatic N) is 1. The molecule has 1 N–H and O–H groups in total. The van der Waals surface area contributed by atoms with Gasteiger partial charge in [0.05, 0.1) is 7.11 Å². The van der Waals surface area contributed by atoms with Crippen molar-refractivity contribution >= 4 is 40.3 Å². The fraction of sp³-hybridized carbons (Fsp3) is 0.0556. The predicted molar refractivity (Wildman–Crippen MR) is 91.3 cm³/mol. The molecule has 3 aromatic rings. The number of furan rings is 1. The summed E-state index contributed by atoms with van der Waals surface area (Å²) in [6, 6.07) is 9.81. The molecule has 0 radical (unpaired) electrons. The van der Waals surface area contributed by atoms with Gasteiger partial charge in [-0.05, 0) is 24.3 Å². The minimum Gasteiger partial charge on any atom is -0.463 e.